The molecule has 0 saturated heterocycles. The second-order valence-electron chi connectivity index (χ2n) is 6.15. The molecule has 3 heteroatoms. The van der Waals surface area contributed by atoms with Crippen LogP contribution in [0, 0.1) is 0 Å². The van der Waals surface area contributed by atoms with Crippen molar-refractivity contribution in [1.82, 2.24) is 5.32 Å². The Balaban J connectivity index is 1.65. The van der Waals surface area contributed by atoms with Gasteiger partial charge in [0.1, 0.15) is 0 Å². The molecule has 1 N–H and O–H groups in total. The van der Waals surface area contributed by atoms with Gasteiger partial charge in [-0.1, -0.05) is 38.1 Å². The Bertz CT molecular complexity index is 600. The van der Waals surface area contributed by atoms with Gasteiger partial charge in [0.05, 0.1) is 3.79 Å². The van der Waals surface area contributed by atoms with Gasteiger partial charge in [-0.05, 0) is 63.9 Å². The number of fused-ring (bicyclic) bond motifs is 1. The summed E-state index contributed by atoms with van der Waals surface area (Å²) in [6.07, 6.45) is 3.79. The first-order chi connectivity index (χ1) is 10.1. The fourth-order valence-electron chi connectivity index (χ4n) is 2.99. The Morgan fingerprint density at radius 3 is 2.76 bits per heavy atom. The molecule has 0 radical (unpaired) electrons. The number of hydrogen-bond acceptors (Lipinski definition) is 2. The Hall–Kier alpha value is -0.640. The molecule has 1 aromatic heterocycles. The van der Waals surface area contributed by atoms with Gasteiger partial charge in [0.15, 0.2) is 0 Å². The molecule has 2 aromatic rings. The van der Waals surface area contributed by atoms with Gasteiger partial charge in [-0.2, -0.15) is 0 Å². The second kappa shape index (κ2) is 6.64. The fourth-order valence-corrected chi connectivity index (χ4v) is 4.81. The first-order valence-electron chi connectivity index (χ1n) is 7.74. The number of aryl methyl sites for hydroxylation is 1. The molecule has 0 saturated carbocycles. The van der Waals surface area contributed by atoms with E-state index in [4.69, 9.17) is 0 Å². The zero-order valence-corrected chi connectivity index (χ0v) is 15.1. The zero-order valence-electron chi connectivity index (χ0n) is 12.7. The smallest absolute Gasteiger partial charge is 0.0704 e. The van der Waals surface area contributed by atoms with Crippen LogP contribution in [-0.2, 0) is 13.0 Å². The van der Waals surface area contributed by atoms with Crippen LogP contribution in [0.25, 0.3) is 0 Å². The van der Waals surface area contributed by atoms with E-state index < -0.39 is 0 Å². The maximum atomic E-state index is 3.74. The van der Waals surface area contributed by atoms with Crippen molar-refractivity contribution in [1.29, 1.82) is 0 Å². The van der Waals surface area contributed by atoms with Crippen LogP contribution in [0.5, 0.6) is 0 Å². The van der Waals surface area contributed by atoms with E-state index >= 15 is 0 Å². The third-order valence-corrected chi connectivity index (χ3v) is 6.00. The number of benzene rings is 1. The van der Waals surface area contributed by atoms with E-state index in [1.54, 1.807) is 4.88 Å². The van der Waals surface area contributed by atoms with E-state index in [1.807, 2.05) is 11.3 Å². The van der Waals surface area contributed by atoms with Gasteiger partial charge >= 0.3 is 0 Å². The average molecular weight is 364 g/mol. The summed E-state index contributed by atoms with van der Waals surface area (Å²) in [6.45, 7) is 5.44. The molecule has 1 nitrogen and oxygen atoms in total. The van der Waals surface area contributed by atoms with Gasteiger partial charge in [0.25, 0.3) is 0 Å². The number of rotatable bonds is 4. The van der Waals surface area contributed by atoms with Gasteiger partial charge in [0, 0.05) is 17.5 Å². The van der Waals surface area contributed by atoms with E-state index in [1.165, 1.54) is 39.7 Å². The predicted molar refractivity (Wildman–Crippen MR) is 95.1 cm³/mol. The van der Waals surface area contributed by atoms with Crippen LogP contribution in [0.1, 0.15) is 60.2 Å². The van der Waals surface area contributed by atoms with E-state index in [0.717, 1.165) is 6.54 Å². The second-order valence-corrected chi connectivity index (χ2v) is 8.67. The fraction of sp³-hybridized carbons (Fsp3) is 0.444. The minimum absolute atomic E-state index is 0.515. The highest BCUT2D eigenvalue weighted by Gasteiger charge is 2.22. The first-order valence-corrected chi connectivity index (χ1v) is 9.35. The highest BCUT2D eigenvalue weighted by molar-refractivity contribution is 9.11. The van der Waals surface area contributed by atoms with Crippen molar-refractivity contribution in [3.8, 4) is 0 Å². The van der Waals surface area contributed by atoms with E-state index in [2.05, 4.69) is 65.4 Å². The summed E-state index contributed by atoms with van der Waals surface area (Å²) in [4.78, 5) is 1.56. The van der Waals surface area contributed by atoms with E-state index in [9.17, 15) is 0 Å². The molecule has 1 aliphatic rings. The Morgan fingerprint density at radius 1 is 1.29 bits per heavy atom. The van der Waals surface area contributed by atoms with Gasteiger partial charge in [-0.25, -0.2) is 0 Å². The lowest BCUT2D eigenvalue weighted by atomic mass is 9.94. The van der Waals surface area contributed by atoms with E-state index in [-0.39, 0.29) is 0 Å². The molecule has 3 rings (SSSR count). The maximum absolute atomic E-state index is 3.74. The van der Waals surface area contributed by atoms with Crippen molar-refractivity contribution < 1.29 is 0 Å². The first kappa shape index (κ1) is 15.3. The molecule has 1 heterocycles. The lowest BCUT2D eigenvalue weighted by Crippen LogP contribution is -2.23. The van der Waals surface area contributed by atoms with Crippen LogP contribution in [0.3, 0.4) is 0 Å². The van der Waals surface area contributed by atoms with Crippen LogP contribution < -0.4 is 5.32 Å². The monoisotopic (exact) mass is 363 g/mol. The molecule has 0 amide bonds. The van der Waals surface area contributed by atoms with Crippen molar-refractivity contribution in [2.45, 2.75) is 51.6 Å². The number of thiophene rings is 1. The molecule has 1 aliphatic carbocycles. The Labute approximate surface area is 139 Å². The zero-order chi connectivity index (χ0) is 14.8. The normalized spacial score (nSPS) is 18.0. The maximum Gasteiger partial charge on any atom is 0.0704 e. The summed E-state index contributed by atoms with van der Waals surface area (Å²) < 4.78 is 1.27. The van der Waals surface area contributed by atoms with Crippen molar-refractivity contribution in [3.63, 3.8) is 0 Å². The minimum atomic E-state index is 0.515. The molecule has 1 aromatic carbocycles. The van der Waals surface area contributed by atoms with Crippen LogP contribution in [0.15, 0.2) is 34.1 Å². The van der Waals surface area contributed by atoms with Gasteiger partial charge in [-0.15, -0.1) is 11.3 Å². The summed E-state index contributed by atoms with van der Waals surface area (Å²) in [5.74, 6) is 0.607. The third-order valence-electron chi connectivity index (χ3n) is 4.28. The van der Waals surface area contributed by atoms with Crippen molar-refractivity contribution in [2.75, 3.05) is 0 Å². The molecule has 0 spiro atoms. The molecule has 0 fully saturated rings. The average Bonchev–Trinajstić information content (AvgIpc) is 2.86. The summed E-state index contributed by atoms with van der Waals surface area (Å²) in [5, 5.41) is 3.74. The van der Waals surface area contributed by atoms with Crippen LogP contribution in [0.4, 0.5) is 0 Å². The van der Waals surface area contributed by atoms with Crippen LogP contribution in [0.2, 0.25) is 0 Å². The molecule has 1 atom stereocenters. The summed E-state index contributed by atoms with van der Waals surface area (Å²) in [7, 11) is 0. The molecular formula is C18H22BrNS. The highest BCUT2D eigenvalue weighted by Crippen LogP contribution is 2.38. The summed E-state index contributed by atoms with van der Waals surface area (Å²) >= 11 is 5.53. The molecule has 0 bridgehead atoms. The highest BCUT2D eigenvalue weighted by atomic mass is 79.9. The number of halogens is 1. The van der Waals surface area contributed by atoms with Crippen LogP contribution >= 0.6 is 27.3 Å². The molecule has 1 unspecified atom stereocenters. The summed E-state index contributed by atoms with van der Waals surface area (Å²) in [6, 6.07) is 11.9. The van der Waals surface area contributed by atoms with Crippen LogP contribution in [-0.4, -0.2) is 0 Å². The summed E-state index contributed by atoms with van der Waals surface area (Å²) in [5.41, 5.74) is 4.30. The Kier molecular flexibility index (Phi) is 4.82. The molecule has 21 heavy (non-hydrogen) atoms. The van der Waals surface area contributed by atoms with Crippen molar-refractivity contribution in [3.05, 3.63) is 55.7 Å². The predicted octanol–water partition coefficient (Wildman–Crippen LogP) is 5.80. The molecular weight excluding hydrogens is 342 g/mol. The quantitative estimate of drug-likeness (QED) is 0.723. The SMILES string of the molecule is CC(C)c1ccc(CNC2CCCc3sc(Br)cc32)cc1. The van der Waals surface area contributed by atoms with E-state index in [0.29, 0.717) is 12.0 Å². The minimum Gasteiger partial charge on any atom is -0.306 e. The van der Waals surface area contributed by atoms with Crippen molar-refractivity contribution in [2.24, 2.45) is 0 Å². The number of nitrogens with one attached hydrogen (secondary N) is 1. The van der Waals surface area contributed by atoms with Gasteiger partial charge in [0.2, 0.25) is 0 Å². The van der Waals surface area contributed by atoms with Crippen molar-refractivity contribution >= 4 is 27.3 Å². The standard InChI is InChI=1S/C18H22BrNS/c1-12(2)14-8-6-13(7-9-14)11-20-16-4-3-5-17-15(16)10-18(19)21-17/h6-10,12,16,20H,3-5,11H2,1-2H3. The van der Waals surface area contributed by atoms with Gasteiger partial charge < -0.3 is 5.32 Å². The lowest BCUT2D eigenvalue weighted by Gasteiger charge is -2.24. The van der Waals surface area contributed by atoms with Gasteiger partial charge in [-0.3, -0.25) is 0 Å². The molecule has 0 aliphatic heterocycles. The topological polar surface area (TPSA) is 12.0 Å². The third kappa shape index (κ3) is 3.58. The molecule has 112 valence electrons. The lowest BCUT2D eigenvalue weighted by molar-refractivity contribution is 0.463. The number of hydrogen-bond donors (Lipinski definition) is 1. The Morgan fingerprint density at radius 2 is 2.05 bits per heavy atom. The largest absolute Gasteiger partial charge is 0.306 e.